The second-order valence-corrected chi connectivity index (χ2v) is 8.62. The van der Waals surface area contributed by atoms with Crippen molar-refractivity contribution in [3.8, 4) is 0 Å². The quantitative estimate of drug-likeness (QED) is 0.737. The van der Waals surface area contributed by atoms with Crippen LogP contribution in [0.1, 0.15) is 19.4 Å². The van der Waals surface area contributed by atoms with Crippen LogP contribution in [0.2, 0.25) is 0 Å². The van der Waals surface area contributed by atoms with Crippen LogP contribution >= 0.6 is 0 Å². The van der Waals surface area contributed by atoms with Crippen LogP contribution in [0.3, 0.4) is 0 Å². The number of nitrogens with one attached hydrogen (secondary N) is 1. The number of hydrogen-bond acceptors (Lipinski definition) is 4. The van der Waals surface area contributed by atoms with Crippen molar-refractivity contribution in [1.82, 2.24) is 10.2 Å². The number of fused-ring (bicyclic) bond motifs is 1. The zero-order valence-electron chi connectivity index (χ0n) is 13.3. The summed E-state index contributed by atoms with van der Waals surface area (Å²) < 4.78 is 11.5. The minimum absolute atomic E-state index is 0.107. The number of β-lactam (4-membered cyclic amide) rings is 1. The summed E-state index contributed by atoms with van der Waals surface area (Å²) in [6.45, 7) is 3.13. The zero-order chi connectivity index (χ0) is 17.6. The fourth-order valence-corrected chi connectivity index (χ4v) is 5.22. The van der Waals surface area contributed by atoms with Crippen LogP contribution in [0.4, 0.5) is 0 Å². The molecule has 2 saturated heterocycles. The van der Waals surface area contributed by atoms with Crippen molar-refractivity contribution in [2.75, 3.05) is 0 Å². The molecule has 128 valence electrons. The Kier molecular flexibility index (Phi) is 3.95. The summed E-state index contributed by atoms with van der Waals surface area (Å²) in [5.74, 6) is -2.03. The van der Waals surface area contributed by atoms with Crippen molar-refractivity contribution in [3.05, 3.63) is 35.9 Å². The van der Waals surface area contributed by atoms with Crippen molar-refractivity contribution in [2.24, 2.45) is 0 Å². The Morgan fingerprint density at radius 1 is 1.29 bits per heavy atom. The molecule has 2 aliphatic rings. The van der Waals surface area contributed by atoms with Crippen molar-refractivity contribution in [1.29, 1.82) is 0 Å². The highest BCUT2D eigenvalue weighted by Crippen LogP contribution is 2.43. The molecule has 2 fully saturated rings. The molecule has 2 amide bonds. The van der Waals surface area contributed by atoms with E-state index >= 15 is 0 Å². The van der Waals surface area contributed by atoms with Crippen molar-refractivity contribution in [2.45, 2.75) is 42.5 Å². The Bertz CT molecular complexity index is 733. The van der Waals surface area contributed by atoms with E-state index in [1.54, 1.807) is 26.0 Å². The molecule has 2 aliphatic heterocycles. The number of carbonyl (C=O) groups is 3. The SMILES string of the molecule is CC1(C)[C@H](C(=O)O)N2C(=O)[C@H](NC(=O)Cc3ccccc3)[C@H]2[S@]1=O. The van der Waals surface area contributed by atoms with E-state index in [2.05, 4.69) is 5.32 Å². The molecular weight excluding hydrogens is 332 g/mol. The van der Waals surface area contributed by atoms with E-state index in [9.17, 15) is 23.7 Å². The fraction of sp³-hybridized carbons (Fsp3) is 0.438. The number of aliphatic carboxylic acids is 1. The van der Waals surface area contributed by atoms with Gasteiger partial charge in [-0.05, 0) is 19.4 Å². The monoisotopic (exact) mass is 350 g/mol. The Hall–Kier alpha value is -2.22. The highest BCUT2D eigenvalue weighted by atomic mass is 32.2. The van der Waals surface area contributed by atoms with Crippen LogP contribution in [0.15, 0.2) is 30.3 Å². The molecule has 0 saturated carbocycles. The van der Waals surface area contributed by atoms with Gasteiger partial charge < -0.3 is 15.3 Å². The van der Waals surface area contributed by atoms with E-state index in [1.165, 1.54) is 0 Å². The molecular formula is C16H18N2O5S. The fourth-order valence-electron chi connectivity index (χ4n) is 3.30. The summed E-state index contributed by atoms with van der Waals surface area (Å²) in [5.41, 5.74) is 0.801. The minimum atomic E-state index is -1.58. The predicted molar refractivity (Wildman–Crippen MR) is 86.4 cm³/mol. The van der Waals surface area contributed by atoms with Crippen molar-refractivity contribution in [3.63, 3.8) is 0 Å². The topological polar surface area (TPSA) is 104 Å². The molecule has 0 unspecified atom stereocenters. The first-order valence-electron chi connectivity index (χ1n) is 7.54. The maximum Gasteiger partial charge on any atom is 0.328 e. The largest absolute Gasteiger partial charge is 0.480 e. The molecule has 2 N–H and O–H groups in total. The standard InChI is InChI=1S/C16H18N2O5S/c1-16(2)12(15(21)22)18-13(20)11(14(18)24(16)23)17-10(19)8-9-6-4-3-5-7-9/h3-7,11-12,14H,8H2,1-2H3,(H,17,19)(H,21,22)/t11-,12-,14+,24+/m0/s1. The first kappa shape index (κ1) is 16.6. The lowest BCUT2D eigenvalue weighted by molar-refractivity contribution is -0.161. The van der Waals surface area contributed by atoms with E-state index in [0.717, 1.165) is 10.5 Å². The number of carboxylic acid groups (broad SMARTS) is 1. The van der Waals surface area contributed by atoms with E-state index in [4.69, 9.17) is 0 Å². The molecule has 3 rings (SSSR count). The highest BCUT2D eigenvalue weighted by Gasteiger charge is 2.68. The maximum absolute atomic E-state index is 12.6. The second kappa shape index (κ2) is 5.70. The number of benzene rings is 1. The van der Waals surface area contributed by atoms with Crippen LogP contribution in [0, 0.1) is 0 Å². The molecule has 24 heavy (non-hydrogen) atoms. The van der Waals surface area contributed by atoms with E-state index in [0.29, 0.717) is 0 Å². The van der Waals surface area contributed by atoms with Crippen LogP contribution in [0.25, 0.3) is 0 Å². The van der Waals surface area contributed by atoms with Gasteiger partial charge in [0.2, 0.25) is 11.8 Å². The van der Waals surface area contributed by atoms with Crippen LogP contribution in [-0.4, -0.2) is 54.2 Å². The predicted octanol–water partition coefficient (Wildman–Crippen LogP) is -0.124. The number of carbonyl (C=O) groups excluding carboxylic acids is 2. The van der Waals surface area contributed by atoms with Crippen LogP contribution in [0.5, 0.6) is 0 Å². The molecule has 0 aliphatic carbocycles. The molecule has 8 heteroatoms. The molecule has 1 aromatic carbocycles. The lowest BCUT2D eigenvalue weighted by atomic mass is 9.96. The molecule has 0 bridgehead atoms. The van der Waals surface area contributed by atoms with Gasteiger partial charge in [0.05, 0.1) is 22.0 Å². The highest BCUT2D eigenvalue weighted by molar-refractivity contribution is 7.87. The Balaban J connectivity index is 1.74. The van der Waals surface area contributed by atoms with Gasteiger partial charge in [-0.25, -0.2) is 4.79 Å². The number of amides is 2. The molecule has 0 aromatic heterocycles. The van der Waals surface area contributed by atoms with Gasteiger partial charge in [0.25, 0.3) is 0 Å². The summed E-state index contributed by atoms with van der Waals surface area (Å²) >= 11 is 0. The summed E-state index contributed by atoms with van der Waals surface area (Å²) in [6.07, 6.45) is 0.107. The third-order valence-corrected chi connectivity index (χ3v) is 6.71. The van der Waals surface area contributed by atoms with Gasteiger partial charge >= 0.3 is 5.97 Å². The molecule has 0 radical (unpaired) electrons. The summed E-state index contributed by atoms with van der Waals surface area (Å²) in [7, 11) is -1.58. The maximum atomic E-state index is 12.6. The van der Waals surface area contributed by atoms with Crippen LogP contribution < -0.4 is 5.32 Å². The number of nitrogens with zero attached hydrogens (tertiary/aromatic N) is 1. The van der Waals surface area contributed by atoms with Gasteiger partial charge in [-0.2, -0.15) is 0 Å². The summed E-state index contributed by atoms with van der Waals surface area (Å²) in [6, 6.07) is 6.99. The lowest BCUT2D eigenvalue weighted by Gasteiger charge is -2.43. The van der Waals surface area contributed by atoms with Crippen molar-refractivity contribution < 1.29 is 23.7 Å². The lowest BCUT2D eigenvalue weighted by Crippen LogP contribution is -2.71. The number of hydrogen-bond donors (Lipinski definition) is 2. The first-order valence-corrected chi connectivity index (χ1v) is 8.75. The number of carboxylic acids is 1. The Morgan fingerprint density at radius 2 is 1.92 bits per heavy atom. The zero-order valence-corrected chi connectivity index (χ0v) is 14.1. The molecule has 7 nitrogen and oxygen atoms in total. The first-order chi connectivity index (χ1) is 11.2. The van der Waals surface area contributed by atoms with Gasteiger partial charge in [0, 0.05) is 0 Å². The van der Waals surface area contributed by atoms with Gasteiger partial charge in [0.15, 0.2) is 0 Å². The normalized spacial score (nSPS) is 30.4. The summed E-state index contributed by atoms with van der Waals surface area (Å²) in [5, 5.41) is 11.2. The third-order valence-electron chi connectivity index (χ3n) is 4.51. The third kappa shape index (κ3) is 2.41. The van der Waals surface area contributed by atoms with E-state index in [-0.39, 0.29) is 12.3 Å². The van der Waals surface area contributed by atoms with Gasteiger partial charge in [-0.15, -0.1) is 0 Å². The molecule has 0 spiro atoms. The van der Waals surface area contributed by atoms with Crippen LogP contribution in [-0.2, 0) is 31.6 Å². The smallest absolute Gasteiger partial charge is 0.328 e. The van der Waals surface area contributed by atoms with Gasteiger partial charge in [-0.1, -0.05) is 30.3 Å². The molecule has 4 atom stereocenters. The average molecular weight is 350 g/mol. The Morgan fingerprint density at radius 3 is 2.50 bits per heavy atom. The molecule has 2 heterocycles. The minimum Gasteiger partial charge on any atom is -0.480 e. The van der Waals surface area contributed by atoms with E-state index < -0.39 is 44.9 Å². The van der Waals surface area contributed by atoms with Gasteiger partial charge in [-0.3, -0.25) is 13.8 Å². The molecule has 1 aromatic rings. The second-order valence-electron chi connectivity index (χ2n) is 6.49. The van der Waals surface area contributed by atoms with Gasteiger partial charge in [0.1, 0.15) is 17.5 Å². The average Bonchev–Trinajstić information content (AvgIpc) is 2.71. The summed E-state index contributed by atoms with van der Waals surface area (Å²) in [4.78, 5) is 37.0. The van der Waals surface area contributed by atoms with Crippen molar-refractivity contribution >= 4 is 28.6 Å². The van der Waals surface area contributed by atoms with E-state index in [1.807, 2.05) is 18.2 Å². The Labute approximate surface area is 141 Å². The number of rotatable bonds is 4.